The van der Waals surface area contributed by atoms with E-state index < -0.39 is 0 Å². The summed E-state index contributed by atoms with van der Waals surface area (Å²) < 4.78 is 0. The Hall–Kier alpha value is 0.582. The molecule has 0 aromatic carbocycles. The minimum atomic E-state index is 0. The third-order valence-corrected chi connectivity index (χ3v) is 2.41. The Morgan fingerprint density at radius 1 is 0.462 bits per heavy atom. The van der Waals surface area contributed by atoms with Crippen LogP contribution in [0.5, 0.6) is 0 Å². The SMILES string of the molecule is C1CCNCC1.C1CCNCC1.[Pd]. The van der Waals surface area contributed by atoms with E-state index in [4.69, 9.17) is 0 Å². The van der Waals surface area contributed by atoms with Gasteiger partial charge in [-0.2, -0.15) is 0 Å². The van der Waals surface area contributed by atoms with Crippen LogP contribution < -0.4 is 10.6 Å². The van der Waals surface area contributed by atoms with Crippen molar-refractivity contribution in [1.29, 1.82) is 0 Å². The first kappa shape index (κ1) is 13.6. The molecule has 2 saturated heterocycles. The molecule has 0 bridgehead atoms. The van der Waals surface area contributed by atoms with Gasteiger partial charge in [-0.05, 0) is 51.9 Å². The molecule has 0 amide bonds. The van der Waals surface area contributed by atoms with Crippen molar-refractivity contribution in [2.45, 2.75) is 38.5 Å². The Morgan fingerprint density at radius 3 is 0.846 bits per heavy atom. The van der Waals surface area contributed by atoms with E-state index in [0.717, 1.165) is 0 Å². The second kappa shape index (κ2) is 10.7. The van der Waals surface area contributed by atoms with E-state index in [-0.39, 0.29) is 20.4 Å². The molecule has 0 saturated carbocycles. The van der Waals surface area contributed by atoms with Gasteiger partial charge < -0.3 is 10.6 Å². The smallest absolute Gasteiger partial charge is 0 e. The van der Waals surface area contributed by atoms with Gasteiger partial charge >= 0.3 is 0 Å². The summed E-state index contributed by atoms with van der Waals surface area (Å²) in [6.45, 7) is 5.00. The summed E-state index contributed by atoms with van der Waals surface area (Å²) in [6.07, 6.45) is 8.43. The topological polar surface area (TPSA) is 24.1 Å². The Bertz CT molecular complexity index is 55.9. The van der Waals surface area contributed by atoms with E-state index in [2.05, 4.69) is 10.6 Å². The van der Waals surface area contributed by atoms with Gasteiger partial charge in [0.1, 0.15) is 0 Å². The fraction of sp³-hybridized carbons (Fsp3) is 1.00. The molecule has 0 unspecified atom stereocenters. The van der Waals surface area contributed by atoms with Crippen LogP contribution in [0.4, 0.5) is 0 Å². The number of piperidine rings is 2. The summed E-state index contributed by atoms with van der Waals surface area (Å²) in [7, 11) is 0. The van der Waals surface area contributed by atoms with Gasteiger partial charge in [-0.15, -0.1) is 0 Å². The van der Waals surface area contributed by atoms with Crippen LogP contribution in [0.25, 0.3) is 0 Å². The second-order valence-electron chi connectivity index (χ2n) is 3.62. The summed E-state index contributed by atoms with van der Waals surface area (Å²) in [5, 5.41) is 6.57. The van der Waals surface area contributed by atoms with Crippen molar-refractivity contribution in [3.05, 3.63) is 0 Å². The zero-order chi connectivity index (χ0) is 8.49. The van der Waals surface area contributed by atoms with Crippen LogP contribution in [0.3, 0.4) is 0 Å². The zero-order valence-corrected chi connectivity index (χ0v) is 9.94. The molecule has 0 spiro atoms. The number of hydrogen-bond donors (Lipinski definition) is 2. The summed E-state index contributed by atoms with van der Waals surface area (Å²) in [6, 6.07) is 0. The first-order valence-electron chi connectivity index (χ1n) is 5.41. The van der Waals surface area contributed by atoms with Crippen LogP contribution in [0, 0.1) is 0 Å². The molecule has 2 rings (SSSR count). The molecule has 2 aliphatic heterocycles. The normalized spacial score (nSPS) is 22.2. The number of hydrogen-bond acceptors (Lipinski definition) is 2. The third kappa shape index (κ3) is 8.90. The fourth-order valence-corrected chi connectivity index (χ4v) is 1.60. The standard InChI is InChI=1S/2C5H11N.Pd/c2*1-2-4-6-5-3-1;/h2*6H,1-5H2;. The van der Waals surface area contributed by atoms with Gasteiger partial charge in [0.2, 0.25) is 0 Å². The predicted molar refractivity (Wildman–Crippen MR) is 53.4 cm³/mol. The van der Waals surface area contributed by atoms with E-state index in [1.807, 2.05) is 0 Å². The van der Waals surface area contributed by atoms with Crippen molar-refractivity contribution in [3.63, 3.8) is 0 Å². The first-order valence-corrected chi connectivity index (χ1v) is 5.41. The van der Waals surface area contributed by atoms with E-state index in [1.54, 1.807) is 0 Å². The minimum Gasteiger partial charge on any atom is -0.317 e. The summed E-state index contributed by atoms with van der Waals surface area (Å²) in [4.78, 5) is 0. The van der Waals surface area contributed by atoms with Crippen LogP contribution in [0.1, 0.15) is 38.5 Å². The van der Waals surface area contributed by atoms with Gasteiger partial charge in [0, 0.05) is 20.4 Å². The Kier molecular flexibility index (Phi) is 11.1. The zero-order valence-electron chi connectivity index (χ0n) is 8.39. The maximum Gasteiger partial charge on any atom is 0 e. The summed E-state index contributed by atoms with van der Waals surface area (Å²) in [5.41, 5.74) is 0. The quantitative estimate of drug-likeness (QED) is 0.656. The molecular formula is C10H22N2Pd. The van der Waals surface area contributed by atoms with E-state index in [1.165, 1.54) is 64.7 Å². The third-order valence-electron chi connectivity index (χ3n) is 2.41. The van der Waals surface area contributed by atoms with Crippen molar-refractivity contribution < 1.29 is 20.4 Å². The average Bonchev–Trinajstić information content (AvgIpc) is 2.24. The molecular weight excluding hydrogens is 255 g/mol. The van der Waals surface area contributed by atoms with Crippen LogP contribution in [-0.4, -0.2) is 26.2 Å². The maximum atomic E-state index is 3.28. The van der Waals surface area contributed by atoms with E-state index >= 15 is 0 Å². The van der Waals surface area contributed by atoms with Crippen molar-refractivity contribution in [1.82, 2.24) is 10.6 Å². The number of nitrogens with one attached hydrogen (secondary N) is 2. The minimum absolute atomic E-state index is 0. The largest absolute Gasteiger partial charge is 0.317 e. The molecule has 0 aromatic rings. The molecule has 0 atom stereocenters. The molecule has 0 aromatic heterocycles. The average molecular weight is 277 g/mol. The molecule has 2 N–H and O–H groups in total. The Morgan fingerprint density at radius 2 is 0.769 bits per heavy atom. The van der Waals surface area contributed by atoms with Gasteiger partial charge in [-0.25, -0.2) is 0 Å². The van der Waals surface area contributed by atoms with Gasteiger partial charge in [0.05, 0.1) is 0 Å². The van der Waals surface area contributed by atoms with Crippen molar-refractivity contribution in [2.75, 3.05) is 26.2 Å². The van der Waals surface area contributed by atoms with E-state index in [9.17, 15) is 0 Å². The van der Waals surface area contributed by atoms with Crippen LogP contribution in [0.15, 0.2) is 0 Å². The monoisotopic (exact) mass is 276 g/mol. The van der Waals surface area contributed by atoms with Gasteiger partial charge in [0.25, 0.3) is 0 Å². The molecule has 2 nitrogen and oxygen atoms in total. The Balaban J connectivity index is 0.000000206. The van der Waals surface area contributed by atoms with Gasteiger partial charge in [-0.1, -0.05) is 12.8 Å². The van der Waals surface area contributed by atoms with Crippen LogP contribution in [-0.2, 0) is 20.4 Å². The van der Waals surface area contributed by atoms with Crippen LogP contribution >= 0.6 is 0 Å². The fourth-order valence-electron chi connectivity index (χ4n) is 1.60. The first-order chi connectivity index (χ1) is 6.00. The van der Waals surface area contributed by atoms with E-state index in [0.29, 0.717) is 0 Å². The Labute approximate surface area is 95.9 Å². The molecule has 3 heteroatoms. The number of rotatable bonds is 0. The van der Waals surface area contributed by atoms with Gasteiger partial charge in [-0.3, -0.25) is 0 Å². The molecule has 13 heavy (non-hydrogen) atoms. The van der Waals surface area contributed by atoms with Gasteiger partial charge in [0.15, 0.2) is 0 Å². The van der Waals surface area contributed by atoms with Crippen molar-refractivity contribution in [3.8, 4) is 0 Å². The van der Waals surface area contributed by atoms with Crippen LogP contribution in [0.2, 0.25) is 0 Å². The molecule has 0 aliphatic carbocycles. The summed E-state index contributed by atoms with van der Waals surface area (Å²) in [5.74, 6) is 0. The predicted octanol–water partition coefficient (Wildman–Crippen LogP) is 1.52. The maximum absolute atomic E-state index is 3.28. The molecule has 2 fully saturated rings. The van der Waals surface area contributed by atoms with Crippen molar-refractivity contribution in [2.24, 2.45) is 0 Å². The van der Waals surface area contributed by atoms with Crippen molar-refractivity contribution >= 4 is 0 Å². The molecule has 82 valence electrons. The molecule has 2 aliphatic rings. The summed E-state index contributed by atoms with van der Waals surface area (Å²) >= 11 is 0. The molecule has 2 heterocycles. The molecule has 0 radical (unpaired) electrons. The second-order valence-corrected chi connectivity index (χ2v) is 3.62.